The van der Waals surface area contributed by atoms with E-state index in [0.717, 1.165) is 23.2 Å². The van der Waals surface area contributed by atoms with E-state index < -0.39 is 30.0 Å². The third-order valence-electron chi connectivity index (χ3n) is 2.80. The molecule has 0 saturated carbocycles. The Morgan fingerprint density at radius 2 is 1.45 bits per heavy atom. The number of anilines is 2. The van der Waals surface area contributed by atoms with Crippen LogP contribution in [-0.4, -0.2) is 25.9 Å². The maximum absolute atomic E-state index is 11.4. The molecule has 0 unspecified atom stereocenters. The Kier molecular flexibility index (Phi) is 4.22. The molecule has 0 bridgehead atoms. The first-order valence-electron chi connectivity index (χ1n) is 5.79. The van der Waals surface area contributed by atoms with E-state index in [1.165, 1.54) is 0 Å². The zero-order valence-electron chi connectivity index (χ0n) is 11.0. The Hall–Kier alpha value is -1.98. The second kappa shape index (κ2) is 5.66. The summed E-state index contributed by atoms with van der Waals surface area (Å²) in [5, 5.41) is 0.887. The van der Waals surface area contributed by atoms with Crippen molar-refractivity contribution in [3.8, 4) is 0 Å². The molecule has 0 aromatic heterocycles. The summed E-state index contributed by atoms with van der Waals surface area (Å²) in [6.07, 6.45) is 0. The van der Waals surface area contributed by atoms with Gasteiger partial charge in [0.2, 0.25) is 0 Å². The van der Waals surface area contributed by atoms with E-state index in [-0.39, 0.29) is 5.69 Å². The van der Waals surface area contributed by atoms with Crippen LogP contribution in [0.15, 0.2) is 58.3 Å². The maximum Gasteiger partial charge on any atom is 0.296 e. The predicted molar refractivity (Wildman–Crippen MR) is 78.8 cm³/mol. The fraction of sp³-hybridized carbons (Fsp3) is 0. The second-order valence-electron chi connectivity index (χ2n) is 4.29. The largest absolute Gasteiger partial charge is 0.296 e. The highest BCUT2D eigenvalue weighted by Gasteiger charge is 2.22. The van der Waals surface area contributed by atoms with Gasteiger partial charge in [-0.05, 0) is 30.3 Å². The van der Waals surface area contributed by atoms with Gasteiger partial charge in [0, 0.05) is 0 Å². The van der Waals surface area contributed by atoms with Crippen molar-refractivity contribution < 1.29 is 25.9 Å². The van der Waals surface area contributed by atoms with Gasteiger partial charge in [0.05, 0.1) is 16.3 Å². The van der Waals surface area contributed by atoms with E-state index in [1.54, 1.807) is 30.3 Å². The molecule has 0 aliphatic carbocycles. The molecule has 0 fully saturated rings. The minimum absolute atomic E-state index is 0.302. The molecule has 10 heteroatoms. The molecule has 118 valence electrons. The normalized spacial score (nSPS) is 12.1. The Bertz CT molecular complexity index is 894. The standard InChI is InChI=1S/C12H12N2O6S2/c13-14(9-4-2-1-3-5-9)11-8-10(21(15,16)17)6-7-12(11)22(18,19)20/h1-8H,13H2,(H,15,16,17)(H,18,19,20). The van der Waals surface area contributed by atoms with E-state index in [0.29, 0.717) is 5.69 Å². The molecule has 0 radical (unpaired) electrons. The van der Waals surface area contributed by atoms with Crippen LogP contribution in [0.1, 0.15) is 0 Å². The third kappa shape index (κ3) is 3.43. The molecule has 0 saturated heterocycles. The molecule has 8 nitrogen and oxygen atoms in total. The molecule has 0 aliphatic rings. The average molecular weight is 344 g/mol. The Labute approximate surface area is 127 Å². The topological polar surface area (TPSA) is 138 Å². The van der Waals surface area contributed by atoms with Gasteiger partial charge in [-0.15, -0.1) is 0 Å². The van der Waals surface area contributed by atoms with Crippen LogP contribution >= 0.6 is 0 Å². The van der Waals surface area contributed by atoms with Crippen LogP contribution in [0.5, 0.6) is 0 Å². The lowest BCUT2D eigenvalue weighted by atomic mass is 10.2. The summed E-state index contributed by atoms with van der Waals surface area (Å²) >= 11 is 0. The highest BCUT2D eigenvalue weighted by molar-refractivity contribution is 7.86. The molecule has 0 heterocycles. The fourth-order valence-electron chi connectivity index (χ4n) is 1.79. The van der Waals surface area contributed by atoms with Gasteiger partial charge in [-0.3, -0.25) is 14.1 Å². The second-order valence-corrected chi connectivity index (χ2v) is 7.10. The van der Waals surface area contributed by atoms with Crippen LogP contribution in [0.4, 0.5) is 11.4 Å². The van der Waals surface area contributed by atoms with Crippen molar-refractivity contribution in [2.75, 3.05) is 5.01 Å². The smallest absolute Gasteiger partial charge is 0.282 e. The van der Waals surface area contributed by atoms with Gasteiger partial charge in [0.15, 0.2) is 0 Å². The minimum Gasteiger partial charge on any atom is -0.282 e. The van der Waals surface area contributed by atoms with Crippen molar-refractivity contribution in [1.82, 2.24) is 0 Å². The first-order chi connectivity index (χ1) is 10.1. The van der Waals surface area contributed by atoms with Crippen molar-refractivity contribution >= 4 is 31.6 Å². The van der Waals surface area contributed by atoms with E-state index in [1.807, 2.05) is 0 Å². The number of nitrogens with two attached hydrogens (primary N) is 1. The lowest BCUT2D eigenvalue weighted by Crippen LogP contribution is -2.27. The maximum atomic E-state index is 11.4. The number of rotatable bonds is 4. The number of benzene rings is 2. The Morgan fingerprint density at radius 3 is 1.95 bits per heavy atom. The summed E-state index contributed by atoms with van der Waals surface area (Å²) in [6, 6.07) is 10.6. The van der Waals surface area contributed by atoms with Crippen molar-refractivity contribution in [3.05, 3.63) is 48.5 Å². The SMILES string of the molecule is NN(c1ccccc1)c1cc(S(=O)(=O)O)ccc1S(=O)(=O)O. The average Bonchev–Trinajstić information content (AvgIpc) is 2.45. The zero-order valence-corrected chi connectivity index (χ0v) is 12.6. The molecule has 0 amide bonds. The number of hydrogen-bond donors (Lipinski definition) is 3. The van der Waals surface area contributed by atoms with Crippen molar-refractivity contribution in [3.63, 3.8) is 0 Å². The molecular weight excluding hydrogens is 332 g/mol. The van der Waals surface area contributed by atoms with Crippen LogP contribution in [0.2, 0.25) is 0 Å². The lowest BCUT2D eigenvalue weighted by molar-refractivity contribution is 0.478. The summed E-state index contributed by atoms with van der Waals surface area (Å²) in [5.41, 5.74) is 0.0451. The van der Waals surface area contributed by atoms with Crippen LogP contribution in [-0.2, 0) is 20.2 Å². The molecule has 22 heavy (non-hydrogen) atoms. The van der Waals surface area contributed by atoms with E-state index in [9.17, 15) is 21.4 Å². The molecule has 2 rings (SSSR count). The predicted octanol–water partition coefficient (Wildman–Crippen LogP) is 1.19. The Morgan fingerprint density at radius 1 is 0.864 bits per heavy atom. The molecular formula is C12H12N2O6S2. The van der Waals surface area contributed by atoms with Gasteiger partial charge in [-0.25, -0.2) is 5.84 Å². The molecule has 2 aromatic carbocycles. The van der Waals surface area contributed by atoms with Gasteiger partial charge < -0.3 is 0 Å². The van der Waals surface area contributed by atoms with Crippen LogP contribution in [0.25, 0.3) is 0 Å². The summed E-state index contributed by atoms with van der Waals surface area (Å²) in [6.45, 7) is 0. The van der Waals surface area contributed by atoms with Crippen LogP contribution in [0.3, 0.4) is 0 Å². The summed E-state index contributed by atoms with van der Waals surface area (Å²) < 4.78 is 63.5. The molecule has 4 N–H and O–H groups in total. The molecule has 0 atom stereocenters. The number of nitrogens with zero attached hydrogens (tertiary/aromatic N) is 1. The van der Waals surface area contributed by atoms with Crippen LogP contribution in [0, 0.1) is 0 Å². The third-order valence-corrected chi connectivity index (χ3v) is 4.55. The quantitative estimate of drug-likeness (QED) is 0.427. The summed E-state index contributed by atoms with van der Waals surface area (Å²) in [7, 11) is -9.21. The van der Waals surface area contributed by atoms with Crippen molar-refractivity contribution in [2.24, 2.45) is 5.84 Å². The fourth-order valence-corrected chi connectivity index (χ4v) is 2.95. The van der Waals surface area contributed by atoms with E-state index in [4.69, 9.17) is 10.4 Å². The minimum atomic E-state index is -4.65. The summed E-state index contributed by atoms with van der Waals surface area (Å²) in [5.74, 6) is 5.81. The number of hydrogen-bond acceptors (Lipinski definition) is 6. The molecule has 0 spiro atoms. The summed E-state index contributed by atoms with van der Waals surface area (Å²) in [4.78, 5) is -1.15. The monoisotopic (exact) mass is 344 g/mol. The highest BCUT2D eigenvalue weighted by atomic mass is 32.2. The molecule has 2 aromatic rings. The van der Waals surface area contributed by atoms with E-state index >= 15 is 0 Å². The zero-order chi connectivity index (χ0) is 16.5. The van der Waals surface area contributed by atoms with Crippen molar-refractivity contribution in [1.29, 1.82) is 0 Å². The lowest BCUT2D eigenvalue weighted by Gasteiger charge is -2.21. The number of hydrazine groups is 1. The first-order valence-corrected chi connectivity index (χ1v) is 8.67. The van der Waals surface area contributed by atoms with Gasteiger partial charge in [0.25, 0.3) is 20.2 Å². The van der Waals surface area contributed by atoms with Gasteiger partial charge in [-0.1, -0.05) is 18.2 Å². The Balaban J connectivity index is 2.70. The number of para-hydroxylation sites is 1. The van der Waals surface area contributed by atoms with Crippen molar-refractivity contribution in [2.45, 2.75) is 9.79 Å². The molecule has 0 aliphatic heterocycles. The van der Waals surface area contributed by atoms with E-state index in [2.05, 4.69) is 0 Å². The van der Waals surface area contributed by atoms with Crippen LogP contribution < -0.4 is 10.9 Å². The van der Waals surface area contributed by atoms with Gasteiger partial charge >= 0.3 is 0 Å². The first kappa shape index (κ1) is 16.4. The highest BCUT2D eigenvalue weighted by Crippen LogP contribution is 2.31. The van der Waals surface area contributed by atoms with Gasteiger partial charge in [-0.2, -0.15) is 16.8 Å². The van der Waals surface area contributed by atoms with Gasteiger partial charge in [0.1, 0.15) is 4.90 Å².